The van der Waals surface area contributed by atoms with Crippen molar-refractivity contribution in [3.63, 3.8) is 0 Å². The summed E-state index contributed by atoms with van der Waals surface area (Å²) in [7, 11) is 0. The topological polar surface area (TPSA) is 0 Å². The van der Waals surface area contributed by atoms with E-state index in [2.05, 4.69) is 60.4 Å². The summed E-state index contributed by atoms with van der Waals surface area (Å²) >= 11 is 2.07. The highest BCUT2D eigenvalue weighted by Gasteiger charge is 2.40. The zero-order valence-electron chi connectivity index (χ0n) is 7.26. The molecule has 1 heterocycles. The molecule has 13 heavy (non-hydrogen) atoms. The molecule has 1 aliphatic heterocycles. The van der Waals surface area contributed by atoms with Crippen molar-refractivity contribution in [3.05, 3.63) is 48.6 Å². The van der Waals surface area contributed by atoms with E-state index in [1.165, 1.54) is 0 Å². The number of rotatable bonds is 0. The number of allylic oxidation sites excluding steroid dienone is 6. The van der Waals surface area contributed by atoms with E-state index in [1.54, 1.807) is 0 Å². The number of hydrogen-bond donors (Lipinski definition) is 0. The van der Waals surface area contributed by atoms with Gasteiger partial charge in [-0.25, -0.2) is 0 Å². The Labute approximate surface area is 83.1 Å². The largest absolute Gasteiger partial charge is 0.145 e. The molecule has 0 aromatic rings. The molecule has 0 amide bonds. The number of hydrogen-bond acceptors (Lipinski definition) is 1. The first-order chi connectivity index (χ1) is 6.45. The van der Waals surface area contributed by atoms with Gasteiger partial charge in [0.25, 0.3) is 0 Å². The van der Waals surface area contributed by atoms with Crippen LogP contribution in [0.4, 0.5) is 0 Å². The predicted octanol–water partition coefficient (Wildman–Crippen LogP) is 2.76. The van der Waals surface area contributed by atoms with E-state index < -0.39 is 0 Å². The summed E-state index contributed by atoms with van der Waals surface area (Å²) < 4.78 is 0. The summed E-state index contributed by atoms with van der Waals surface area (Å²) in [6.07, 6.45) is 19.0. The van der Waals surface area contributed by atoms with Crippen molar-refractivity contribution in [1.29, 1.82) is 0 Å². The summed E-state index contributed by atoms with van der Waals surface area (Å²) in [5.41, 5.74) is 0. The van der Waals surface area contributed by atoms with Crippen LogP contribution in [0, 0.1) is 17.9 Å². The van der Waals surface area contributed by atoms with Gasteiger partial charge < -0.3 is 0 Å². The summed E-state index contributed by atoms with van der Waals surface area (Å²) in [6, 6.07) is 0. The zero-order valence-corrected chi connectivity index (χ0v) is 8.08. The lowest BCUT2D eigenvalue weighted by atomic mass is 9.83. The van der Waals surface area contributed by atoms with Crippen molar-refractivity contribution in [2.24, 2.45) is 11.8 Å². The highest BCUT2D eigenvalue weighted by atomic mass is 32.2. The minimum absolute atomic E-state index is 0.612. The smallest absolute Gasteiger partial charge is 0.0311 e. The second kappa shape index (κ2) is 2.91. The molecule has 65 valence electrons. The Balaban J connectivity index is 1.95. The fourth-order valence-corrected chi connectivity index (χ4v) is 3.85. The number of fused-ring (bicyclic) bond motifs is 3. The third-order valence-electron chi connectivity index (χ3n) is 2.89. The molecule has 0 N–H and O–H groups in total. The van der Waals surface area contributed by atoms with Crippen LogP contribution in [0.2, 0.25) is 0 Å². The molecule has 0 saturated carbocycles. The van der Waals surface area contributed by atoms with Crippen LogP contribution in [-0.4, -0.2) is 10.5 Å². The van der Waals surface area contributed by atoms with E-state index in [1.807, 2.05) is 0 Å². The summed E-state index contributed by atoms with van der Waals surface area (Å²) in [6.45, 7) is 0. The highest BCUT2D eigenvalue weighted by Crippen LogP contribution is 2.47. The van der Waals surface area contributed by atoms with Gasteiger partial charge in [-0.1, -0.05) is 42.5 Å². The van der Waals surface area contributed by atoms with Gasteiger partial charge in [0.05, 0.1) is 0 Å². The van der Waals surface area contributed by atoms with Crippen LogP contribution in [0.5, 0.6) is 0 Å². The van der Waals surface area contributed by atoms with Crippen LogP contribution in [0.25, 0.3) is 0 Å². The van der Waals surface area contributed by atoms with Crippen LogP contribution in [0.1, 0.15) is 0 Å². The molecule has 0 bridgehead atoms. The standard InChI is InChI=1S/C12H11S/c1-3-7-11-9(5-1)10-6-2-4-8-12(10)13-11/h1-5,7-12H. The normalized spacial score (nSPS) is 44.9. The third kappa shape index (κ3) is 1.14. The molecule has 4 atom stereocenters. The van der Waals surface area contributed by atoms with Gasteiger partial charge in [0, 0.05) is 22.3 Å². The molecular formula is C12H11S. The van der Waals surface area contributed by atoms with Crippen molar-refractivity contribution in [3.8, 4) is 0 Å². The lowest BCUT2D eigenvalue weighted by Crippen LogP contribution is -2.19. The maximum Gasteiger partial charge on any atom is 0.0311 e. The van der Waals surface area contributed by atoms with Crippen molar-refractivity contribution >= 4 is 11.8 Å². The molecule has 0 aromatic heterocycles. The average molecular weight is 187 g/mol. The molecule has 0 nitrogen and oxygen atoms in total. The van der Waals surface area contributed by atoms with E-state index in [0.29, 0.717) is 22.3 Å². The van der Waals surface area contributed by atoms with Crippen LogP contribution in [0.3, 0.4) is 0 Å². The van der Waals surface area contributed by atoms with Crippen LogP contribution < -0.4 is 0 Å². The molecule has 0 aromatic carbocycles. The molecule has 4 unspecified atom stereocenters. The maximum absolute atomic E-state index is 3.46. The van der Waals surface area contributed by atoms with Crippen molar-refractivity contribution in [2.45, 2.75) is 10.5 Å². The second-order valence-electron chi connectivity index (χ2n) is 3.66. The van der Waals surface area contributed by atoms with E-state index in [4.69, 9.17) is 0 Å². The van der Waals surface area contributed by atoms with Crippen LogP contribution >= 0.6 is 11.8 Å². The Bertz CT molecular complexity index is 290. The molecule has 1 saturated heterocycles. The van der Waals surface area contributed by atoms with Gasteiger partial charge in [-0.05, 0) is 6.08 Å². The predicted molar refractivity (Wildman–Crippen MR) is 57.4 cm³/mol. The molecule has 2 aliphatic carbocycles. The Hall–Kier alpha value is -0.690. The van der Waals surface area contributed by atoms with E-state index in [-0.39, 0.29) is 0 Å². The van der Waals surface area contributed by atoms with E-state index in [0.717, 1.165) is 0 Å². The third-order valence-corrected chi connectivity index (χ3v) is 4.44. The minimum Gasteiger partial charge on any atom is -0.145 e. The van der Waals surface area contributed by atoms with Gasteiger partial charge >= 0.3 is 0 Å². The van der Waals surface area contributed by atoms with E-state index >= 15 is 0 Å². The van der Waals surface area contributed by atoms with E-state index in [9.17, 15) is 0 Å². The molecule has 1 heteroatoms. The van der Waals surface area contributed by atoms with Crippen LogP contribution in [0.15, 0.2) is 42.5 Å². The lowest BCUT2D eigenvalue weighted by molar-refractivity contribution is 0.514. The SMILES string of the molecule is [C]1=CC=CC2SC3C=CC=CC3C12. The summed E-state index contributed by atoms with van der Waals surface area (Å²) in [4.78, 5) is 0. The van der Waals surface area contributed by atoms with Gasteiger partial charge in [-0.15, -0.1) is 11.8 Å². The van der Waals surface area contributed by atoms with Crippen LogP contribution in [-0.2, 0) is 0 Å². The Kier molecular flexibility index (Phi) is 1.72. The van der Waals surface area contributed by atoms with Crippen molar-refractivity contribution in [1.82, 2.24) is 0 Å². The summed E-state index contributed by atoms with van der Waals surface area (Å²) in [5, 5.41) is 1.34. The fraction of sp³-hybridized carbons (Fsp3) is 0.333. The van der Waals surface area contributed by atoms with Crippen molar-refractivity contribution in [2.75, 3.05) is 0 Å². The lowest BCUT2D eigenvalue weighted by Gasteiger charge is -2.19. The van der Waals surface area contributed by atoms with Crippen molar-refractivity contribution < 1.29 is 0 Å². The first-order valence-electron chi connectivity index (χ1n) is 4.72. The second-order valence-corrected chi connectivity index (χ2v) is 5.02. The first kappa shape index (κ1) is 7.69. The molecule has 3 rings (SSSR count). The Morgan fingerprint density at radius 2 is 1.77 bits per heavy atom. The molecule has 0 spiro atoms. The first-order valence-corrected chi connectivity index (χ1v) is 5.66. The Morgan fingerprint density at radius 1 is 0.923 bits per heavy atom. The highest BCUT2D eigenvalue weighted by molar-refractivity contribution is 8.01. The Morgan fingerprint density at radius 3 is 2.77 bits per heavy atom. The zero-order chi connectivity index (χ0) is 8.67. The minimum atomic E-state index is 0.612. The molecule has 1 radical (unpaired) electrons. The average Bonchev–Trinajstić information content (AvgIpc) is 2.56. The quantitative estimate of drug-likeness (QED) is 0.562. The van der Waals surface area contributed by atoms with Gasteiger partial charge in [0.1, 0.15) is 0 Å². The maximum atomic E-state index is 3.46. The van der Waals surface area contributed by atoms with Gasteiger partial charge in [-0.2, -0.15) is 0 Å². The molecule has 1 fully saturated rings. The monoisotopic (exact) mass is 187 g/mol. The summed E-state index contributed by atoms with van der Waals surface area (Å²) in [5.74, 6) is 1.29. The molecule has 3 aliphatic rings. The van der Waals surface area contributed by atoms with Gasteiger partial charge in [-0.3, -0.25) is 0 Å². The van der Waals surface area contributed by atoms with Gasteiger partial charge in [0.2, 0.25) is 0 Å². The van der Waals surface area contributed by atoms with Gasteiger partial charge in [0.15, 0.2) is 0 Å². The fourth-order valence-electron chi connectivity index (χ4n) is 2.25. The molecular weight excluding hydrogens is 176 g/mol. The number of thioether (sulfide) groups is 1.